The third-order valence-electron chi connectivity index (χ3n) is 7.04. The number of likely N-dealkylation sites (N-methyl/N-ethyl adjacent to an activating group) is 1. The van der Waals surface area contributed by atoms with Gasteiger partial charge in [0.05, 0.1) is 23.9 Å². The van der Waals surface area contributed by atoms with Gasteiger partial charge in [-0.25, -0.2) is 4.98 Å². The van der Waals surface area contributed by atoms with Crippen LogP contribution in [0.1, 0.15) is 50.4 Å². The predicted molar refractivity (Wildman–Crippen MR) is 125 cm³/mol. The highest BCUT2D eigenvalue weighted by atomic mass is 16.3. The van der Waals surface area contributed by atoms with E-state index in [4.69, 9.17) is 0 Å². The van der Waals surface area contributed by atoms with Crippen molar-refractivity contribution in [3.8, 4) is 0 Å². The molecule has 0 saturated carbocycles. The highest BCUT2D eigenvalue weighted by molar-refractivity contribution is 5.89. The molecule has 0 bridgehead atoms. The summed E-state index contributed by atoms with van der Waals surface area (Å²) < 4.78 is 0. The van der Waals surface area contributed by atoms with E-state index in [0.29, 0.717) is 32.4 Å². The number of aliphatic hydroxyl groups is 1. The van der Waals surface area contributed by atoms with Gasteiger partial charge in [0.2, 0.25) is 17.7 Å². The van der Waals surface area contributed by atoms with E-state index in [9.17, 15) is 19.5 Å². The van der Waals surface area contributed by atoms with Crippen LogP contribution in [0.2, 0.25) is 0 Å². The molecule has 0 radical (unpaired) electrons. The van der Waals surface area contributed by atoms with Gasteiger partial charge in [0, 0.05) is 44.9 Å². The molecule has 1 aromatic carbocycles. The van der Waals surface area contributed by atoms with Gasteiger partial charge in [0.1, 0.15) is 6.04 Å². The van der Waals surface area contributed by atoms with Crippen LogP contribution in [0.15, 0.2) is 42.9 Å². The van der Waals surface area contributed by atoms with Crippen LogP contribution in [0.3, 0.4) is 0 Å². The maximum atomic E-state index is 13.8. The summed E-state index contributed by atoms with van der Waals surface area (Å²) in [6, 6.07) is 8.45. The molecule has 2 aliphatic rings. The lowest BCUT2D eigenvalue weighted by atomic mass is 9.69. The maximum Gasteiger partial charge on any atom is 0.245 e. The van der Waals surface area contributed by atoms with Crippen molar-refractivity contribution in [1.29, 1.82) is 0 Å². The summed E-state index contributed by atoms with van der Waals surface area (Å²) in [6.45, 7) is 4.52. The number of nitrogens with one attached hydrogen (secondary N) is 2. The summed E-state index contributed by atoms with van der Waals surface area (Å²) in [5.74, 6) is -0.535. The van der Waals surface area contributed by atoms with Gasteiger partial charge < -0.3 is 25.2 Å². The molecule has 2 fully saturated rings. The first-order chi connectivity index (χ1) is 16.3. The Morgan fingerprint density at radius 2 is 2.09 bits per heavy atom. The van der Waals surface area contributed by atoms with E-state index < -0.39 is 23.6 Å². The Morgan fingerprint density at radius 1 is 1.32 bits per heavy atom. The fourth-order valence-corrected chi connectivity index (χ4v) is 5.57. The molecule has 182 valence electrons. The third kappa shape index (κ3) is 4.70. The third-order valence-corrected chi connectivity index (χ3v) is 7.04. The van der Waals surface area contributed by atoms with Gasteiger partial charge in [0.15, 0.2) is 0 Å². The molecule has 0 aliphatic carbocycles. The number of amides is 3. The number of piperidine rings is 2. The lowest BCUT2D eigenvalue weighted by Gasteiger charge is -2.52. The average molecular weight is 468 g/mol. The van der Waals surface area contributed by atoms with Crippen molar-refractivity contribution in [1.82, 2.24) is 25.1 Å². The molecular formula is C25H33N5O4. The quantitative estimate of drug-likeness (QED) is 0.594. The SMILES string of the molecule is CCN1C(=O)[C@@]2(CCCN(C(=O)[C@H](Cc3cnc[nH]3)NC(C)=O)C2)C[C@@H](O)[C@@H]1c1ccccc1. The van der Waals surface area contributed by atoms with Crippen LogP contribution in [0.4, 0.5) is 0 Å². The Kier molecular flexibility index (Phi) is 7.02. The number of hydrogen-bond donors (Lipinski definition) is 3. The van der Waals surface area contributed by atoms with Crippen molar-refractivity contribution in [2.75, 3.05) is 19.6 Å². The summed E-state index contributed by atoms with van der Waals surface area (Å²) in [6.07, 6.45) is 4.30. The van der Waals surface area contributed by atoms with E-state index in [1.54, 1.807) is 16.0 Å². The predicted octanol–water partition coefficient (Wildman–Crippen LogP) is 1.42. The van der Waals surface area contributed by atoms with E-state index in [0.717, 1.165) is 11.3 Å². The van der Waals surface area contributed by atoms with Crippen molar-refractivity contribution in [3.05, 3.63) is 54.1 Å². The number of aromatic amines is 1. The molecule has 4 atom stereocenters. The summed E-state index contributed by atoms with van der Waals surface area (Å²) >= 11 is 0. The van der Waals surface area contributed by atoms with E-state index in [1.165, 1.54) is 13.3 Å². The molecule has 1 aromatic heterocycles. The fraction of sp³-hybridized carbons (Fsp3) is 0.520. The second-order valence-electron chi connectivity index (χ2n) is 9.40. The minimum absolute atomic E-state index is 0.0173. The minimum atomic E-state index is -0.830. The topological polar surface area (TPSA) is 119 Å². The monoisotopic (exact) mass is 467 g/mol. The number of rotatable bonds is 6. The zero-order valence-electron chi connectivity index (χ0n) is 19.7. The number of aliphatic hydroxyl groups excluding tert-OH is 1. The number of benzene rings is 1. The normalized spacial score (nSPS) is 25.9. The number of nitrogens with zero attached hydrogens (tertiary/aromatic N) is 3. The van der Waals surface area contributed by atoms with Crippen LogP contribution in [0.5, 0.6) is 0 Å². The molecule has 3 amide bonds. The number of H-pyrrole nitrogens is 1. The molecule has 9 nitrogen and oxygen atoms in total. The van der Waals surface area contributed by atoms with Crippen LogP contribution in [0.25, 0.3) is 0 Å². The van der Waals surface area contributed by atoms with E-state index in [1.807, 2.05) is 37.3 Å². The zero-order valence-corrected chi connectivity index (χ0v) is 19.7. The number of imidazole rings is 1. The van der Waals surface area contributed by atoms with Crippen LogP contribution < -0.4 is 5.32 Å². The van der Waals surface area contributed by atoms with Gasteiger partial charge in [-0.1, -0.05) is 30.3 Å². The number of carbonyl (C=O) groups excluding carboxylic acids is 3. The fourth-order valence-electron chi connectivity index (χ4n) is 5.57. The number of aromatic nitrogens is 2. The molecular weight excluding hydrogens is 434 g/mol. The molecule has 4 rings (SSSR count). The number of likely N-dealkylation sites (tertiary alicyclic amines) is 2. The Balaban J connectivity index is 1.56. The van der Waals surface area contributed by atoms with E-state index >= 15 is 0 Å². The number of hydrogen-bond acceptors (Lipinski definition) is 5. The van der Waals surface area contributed by atoms with Gasteiger partial charge in [-0.05, 0) is 31.7 Å². The minimum Gasteiger partial charge on any atom is -0.391 e. The van der Waals surface area contributed by atoms with Crippen molar-refractivity contribution in [2.45, 2.75) is 57.7 Å². The first-order valence-electron chi connectivity index (χ1n) is 11.9. The maximum absolute atomic E-state index is 13.8. The van der Waals surface area contributed by atoms with Gasteiger partial charge in [-0.2, -0.15) is 0 Å². The van der Waals surface area contributed by atoms with E-state index in [2.05, 4.69) is 15.3 Å². The summed E-state index contributed by atoms with van der Waals surface area (Å²) in [7, 11) is 0. The first kappa shape index (κ1) is 23.9. The smallest absolute Gasteiger partial charge is 0.245 e. The van der Waals surface area contributed by atoms with Gasteiger partial charge in [0.25, 0.3) is 0 Å². The van der Waals surface area contributed by atoms with Crippen molar-refractivity contribution in [3.63, 3.8) is 0 Å². The van der Waals surface area contributed by atoms with Gasteiger partial charge in [-0.15, -0.1) is 0 Å². The molecule has 3 heterocycles. The van der Waals surface area contributed by atoms with Crippen LogP contribution >= 0.6 is 0 Å². The van der Waals surface area contributed by atoms with Crippen molar-refractivity contribution < 1.29 is 19.5 Å². The first-order valence-corrected chi connectivity index (χ1v) is 11.9. The van der Waals surface area contributed by atoms with Crippen LogP contribution in [0, 0.1) is 5.41 Å². The average Bonchev–Trinajstić information content (AvgIpc) is 3.34. The Hall–Kier alpha value is -3.20. The highest BCUT2D eigenvalue weighted by Crippen LogP contribution is 2.45. The van der Waals surface area contributed by atoms with Crippen LogP contribution in [-0.2, 0) is 20.8 Å². The standard InChI is InChI=1S/C25H33N5O4/c1-3-30-22(18-8-5-4-6-9-18)21(32)13-25(24(30)34)10-7-11-29(15-25)23(33)20(28-17(2)31)12-19-14-26-16-27-19/h4-6,8-9,14,16,20-22,32H,3,7,10-13,15H2,1-2H3,(H,26,27)(H,28,31)/t20-,21+,22-,25-/m0/s1. The molecule has 0 unspecified atom stereocenters. The summed E-state index contributed by atoms with van der Waals surface area (Å²) in [5.41, 5.74) is 0.823. The molecule has 3 N–H and O–H groups in total. The Bertz CT molecular complexity index is 1010. The van der Waals surface area contributed by atoms with Crippen molar-refractivity contribution in [2.24, 2.45) is 5.41 Å². The molecule has 2 saturated heterocycles. The van der Waals surface area contributed by atoms with Gasteiger partial charge >= 0.3 is 0 Å². The largest absolute Gasteiger partial charge is 0.391 e. The lowest BCUT2D eigenvalue weighted by Crippen LogP contribution is -2.62. The summed E-state index contributed by atoms with van der Waals surface area (Å²) in [5, 5.41) is 14.0. The molecule has 34 heavy (non-hydrogen) atoms. The number of carbonyl (C=O) groups is 3. The van der Waals surface area contributed by atoms with Crippen molar-refractivity contribution >= 4 is 17.7 Å². The van der Waals surface area contributed by atoms with E-state index in [-0.39, 0.29) is 30.7 Å². The molecule has 1 spiro atoms. The molecule has 2 aliphatic heterocycles. The second-order valence-corrected chi connectivity index (χ2v) is 9.40. The molecule has 2 aromatic rings. The lowest BCUT2D eigenvalue weighted by molar-refractivity contribution is -0.167. The van der Waals surface area contributed by atoms with Crippen LogP contribution in [-0.4, -0.2) is 74.4 Å². The molecule has 9 heteroatoms. The van der Waals surface area contributed by atoms with Gasteiger partial charge in [-0.3, -0.25) is 14.4 Å². The Morgan fingerprint density at radius 3 is 2.74 bits per heavy atom. The zero-order chi connectivity index (χ0) is 24.3. The highest BCUT2D eigenvalue weighted by Gasteiger charge is 2.53. The second kappa shape index (κ2) is 9.97. The Labute approximate surface area is 199 Å². The summed E-state index contributed by atoms with van der Waals surface area (Å²) in [4.78, 5) is 49.5.